The number of benzene rings is 1. The van der Waals surface area contributed by atoms with E-state index in [1.807, 2.05) is 13.1 Å². The molecule has 5 nitrogen and oxygen atoms in total. The lowest BCUT2D eigenvalue weighted by Crippen LogP contribution is -2.48. The zero-order valence-electron chi connectivity index (χ0n) is 16.0. The number of nitrogens with one attached hydrogen (secondary N) is 2. The van der Waals surface area contributed by atoms with Gasteiger partial charge < -0.3 is 10.6 Å². The van der Waals surface area contributed by atoms with Crippen LogP contribution in [0.1, 0.15) is 28.3 Å². The number of guanidine groups is 1. The molecular weight excluding hydrogens is 495 g/mol. The number of thiazole rings is 1. The Hall–Kier alpha value is -1.33. The number of likely N-dealkylation sites (tertiary alicyclic amines) is 1. The molecule has 0 spiro atoms. The van der Waals surface area contributed by atoms with Crippen molar-refractivity contribution in [3.05, 3.63) is 51.5 Å². The van der Waals surface area contributed by atoms with Crippen LogP contribution in [0.25, 0.3) is 0 Å². The number of halogens is 3. The van der Waals surface area contributed by atoms with Crippen molar-refractivity contribution >= 4 is 41.3 Å². The first-order chi connectivity index (χ1) is 13.0. The van der Waals surface area contributed by atoms with Gasteiger partial charge in [-0.15, -0.1) is 35.3 Å². The second kappa shape index (κ2) is 11.0. The third-order valence-electron chi connectivity index (χ3n) is 4.62. The molecule has 1 aromatic carbocycles. The van der Waals surface area contributed by atoms with E-state index in [4.69, 9.17) is 0 Å². The topological polar surface area (TPSA) is 52.6 Å². The maximum absolute atomic E-state index is 13.3. The summed E-state index contributed by atoms with van der Waals surface area (Å²) in [6.45, 7) is 5.15. The molecule has 0 aliphatic carbocycles. The van der Waals surface area contributed by atoms with Gasteiger partial charge in [-0.2, -0.15) is 0 Å². The van der Waals surface area contributed by atoms with Crippen LogP contribution in [0.15, 0.2) is 29.4 Å². The van der Waals surface area contributed by atoms with Crippen molar-refractivity contribution < 1.29 is 8.78 Å². The third-order valence-corrected chi connectivity index (χ3v) is 5.53. The van der Waals surface area contributed by atoms with Crippen molar-refractivity contribution in [2.75, 3.05) is 20.1 Å². The standard InChI is InChI=1S/C19H25F2N5S.HI/c1-13-10-23-18(27-13)11-24-19(22-2)25-15-5-7-26(8-6-15)12-14-3-4-16(20)17(21)9-14;/h3-4,9-10,15H,5-8,11-12H2,1-2H3,(H2,22,24,25);1H. The quantitative estimate of drug-likeness (QED) is 0.358. The first-order valence-corrected chi connectivity index (χ1v) is 9.90. The van der Waals surface area contributed by atoms with E-state index in [2.05, 4.69) is 25.5 Å². The molecule has 0 radical (unpaired) electrons. The lowest BCUT2D eigenvalue weighted by molar-refractivity contribution is 0.198. The Morgan fingerprint density at radius 2 is 2.04 bits per heavy atom. The summed E-state index contributed by atoms with van der Waals surface area (Å²) in [5.41, 5.74) is 0.802. The van der Waals surface area contributed by atoms with E-state index in [0.717, 1.165) is 42.5 Å². The Kier molecular flexibility index (Phi) is 9.03. The molecule has 0 saturated carbocycles. The van der Waals surface area contributed by atoms with Crippen molar-refractivity contribution in [2.45, 2.75) is 38.9 Å². The zero-order chi connectivity index (χ0) is 19.2. The number of piperidine rings is 1. The Bertz CT molecular complexity index is 790. The summed E-state index contributed by atoms with van der Waals surface area (Å²) >= 11 is 1.68. The molecule has 0 bridgehead atoms. The Morgan fingerprint density at radius 1 is 1.29 bits per heavy atom. The first-order valence-electron chi connectivity index (χ1n) is 9.08. The van der Waals surface area contributed by atoms with Crippen LogP contribution in [0.4, 0.5) is 8.78 Å². The molecule has 1 fully saturated rings. The molecule has 0 unspecified atom stereocenters. The van der Waals surface area contributed by atoms with Crippen molar-refractivity contribution in [3.8, 4) is 0 Å². The third kappa shape index (κ3) is 6.63. The SMILES string of the molecule is CN=C(NCc1ncc(C)s1)NC1CCN(Cc2ccc(F)c(F)c2)CC1.I. The number of rotatable bonds is 5. The zero-order valence-corrected chi connectivity index (χ0v) is 19.2. The minimum absolute atomic E-state index is 0. The summed E-state index contributed by atoms with van der Waals surface area (Å²) in [7, 11) is 1.76. The van der Waals surface area contributed by atoms with Crippen LogP contribution in [-0.2, 0) is 13.1 Å². The van der Waals surface area contributed by atoms with E-state index < -0.39 is 11.6 Å². The highest BCUT2D eigenvalue weighted by atomic mass is 127. The van der Waals surface area contributed by atoms with Crippen molar-refractivity contribution in [3.63, 3.8) is 0 Å². The summed E-state index contributed by atoms with van der Waals surface area (Å²) in [5, 5.41) is 7.81. The molecule has 3 rings (SSSR count). The van der Waals surface area contributed by atoms with E-state index in [1.54, 1.807) is 24.5 Å². The second-order valence-corrected chi connectivity index (χ2v) is 8.05. The predicted octanol–water partition coefficient (Wildman–Crippen LogP) is 3.68. The Morgan fingerprint density at radius 3 is 2.64 bits per heavy atom. The normalized spacial score (nSPS) is 15.9. The van der Waals surface area contributed by atoms with Gasteiger partial charge in [-0.25, -0.2) is 13.8 Å². The highest BCUT2D eigenvalue weighted by Crippen LogP contribution is 2.16. The van der Waals surface area contributed by atoms with Crippen LogP contribution < -0.4 is 10.6 Å². The fraction of sp³-hybridized carbons (Fsp3) is 0.474. The highest BCUT2D eigenvalue weighted by Gasteiger charge is 2.20. The van der Waals surface area contributed by atoms with Gasteiger partial charge in [0.05, 0.1) is 6.54 Å². The number of aliphatic imine (C=N–C) groups is 1. The summed E-state index contributed by atoms with van der Waals surface area (Å²) in [5.74, 6) is -0.801. The van der Waals surface area contributed by atoms with Gasteiger partial charge in [-0.1, -0.05) is 6.07 Å². The fourth-order valence-corrected chi connectivity index (χ4v) is 3.89. The molecule has 9 heteroatoms. The molecule has 1 aliphatic rings. The molecule has 154 valence electrons. The van der Waals surface area contributed by atoms with Crippen LogP contribution in [0.3, 0.4) is 0 Å². The fourth-order valence-electron chi connectivity index (χ4n) is 3.16. The largest absolute Gasteiger partial charge is 0.354 e. The van der Waals surface area contributed by atoms with Gasteiger partial charge in [-0.3, -0.25) is 9.89 Å². The summed E-state index contributed by atoms with van der Waals surface area (Å²) < 4.78 is 26.4. The number of aryl methyl sites for hydroxylation is 1. The Balaban J connectivity index is 0.00000280. The molecule has 2 heterocycles. The second-order valence-electron chi connectivity index (χ2n) is 6.73. The summed E-state index contributed by atoms with van der Waals surface area (Å²) in [6, 6.07) is 4.47. The molecule has 0 amide bonds. The van der Waals surface area contributed by atoms with Gasteiger partial charge in [0, 0.05) is 43.8 Å². The minimum atomic E-state index is -0.798. The van der Waals surface area contributed by atoms with Crippen LogP contribution in [0.5, 0.6) is 0 Å². The number of aromatic nitrogens is 1. The highest BCUT2D eigenvalue weighted by molar-refractivity contribution is 14.0. The average molecular weight is 521 g/mol. The summed E-state index contributed by atoms with van der Waals surface area (Å²) in [6.07, 6.45) is 3.82. The van der Waals surface area contributed by atoms with Gasteiger partial charge in [0.15, 0.2) is 17.6 Å². The monoisotopic (exact) mass is 521 g/mol. The van der Waals surface area contributed by atoms with Crippen LogP contribution in [-0.4, -0.2) is 42.0 Å². The van der Waals surface area contributed by atoms with Gasteiger partial charge in [-0.05, 0) is 37.5 Å². The van der Waals surface area contributed by atoms with E-state index in [0.29, 0.717) is 19.1 Å². The number of hydrogen-bond donors (Lipinski definition) is 2. The van der Waals surface area contributed by atoms with Crippen LogP contribution in [0, 0.1) is 18.6 Å². The van der Waals surface area contributed by atoms with Crippen molar-refractivity contribution in [2.24, 2.45) is 4.99 Å². The van der Waals surface area contributed by atoms with Crippen molar-refractivity contribution in [1.82, 2.24) is 20.5 Å². The van der Waals surface area contributed by atoms with E-state index in [9.17, 15) is 8.78 Å². The van der Waals surface area contributed by atoms with Gasteiger partial charge in [0.25, 0.3) is 0 Å². The average Bonchev–Trinajstić information content (AvgIpc) is 3.08. The van der Waals surface area contributed by atoms with Crippen molar-refractivity contribution in [1.29, 1.82) is 0 Å². The van der Waals surface area contributed by atoms with Crippen LogP contribution in [0.2, 0.25) is 0 Å². The van der Waals surface area contributed by atoms with E-state index in [-0.39, 0.29) is 24.0 Å². The molecule has 0 atom stereocenters. The molecule has 28 heavy (non-hydrogen) atoms. The molecule has 1 aromatic heterocycles. The summed E-state index contributed by atoms with van der Waals surface area (Å²) in [4.78, 5) is 12.1. The maximum Gasteiger partial charge on any atom is 0.191 e. The molecule has 1 saturated heterocycles. The van der Waals surface area contributed by atoms with Crippen LogP contribution >= 0.6 is 35.3 Å². The molecule has 2 aromatic rings. The number of nitrogens with zero attached hydrogens (tertiary/aromatic N) is 3. The number of hydrogen-bond acceptors (Lipinski definition) is 4. The lowest BCUT2D eigenvalue weighted by atomic mass is 10.0. The maximum atomic E-state index is 13.3. The lowest BCUT2D eigenvalue weighted by Gasteiger charge is -2.33. The predicted molar refractivity (Wildman–Crippen MR) is 120 cm³/mol. The van der Waals surface area contributed by atoms with Gasteiger partial charge in [0.1, 0.15) is 5.01 Å². The minimum Gasteiger partial charge on any atom is -0.354 e. The molecule has 2 N–H and O–H groups in total. The Labute approximate surface area is 185 Å². The smallest absolute Gasteiger partial charge is 0.191 e. The molecule has 1 aliphatic heterocycles. The van der Waals surface area contributed by atoms with Gasteiger partial charge in [0.2, 0.25) is 0 Å². The first kappa shape index (κ1) is 23.0. The van der Waals surface area contributed by atoms with Gasteiger partial charge >= 0.3 is 0 Å². The molecular formula is C19H26F2IN5S. The van der Waals surface area contributed by atoms with E-state index >= 15 is 0 Å². The van der Waals surface area contributed by atoms with E-state index in [1.165, 1.54) is 17.0 Å².